The molecule has 4 amide bonds. The van der Waals surface area contributed by atoms with Crippen LogP contribution in [0.4, 0.5) is 10.5 Å². The van der Waals surface area contributed by atoms with Crippen molar-refractivity contribution in [3.8, 4) is 11.3 Å². The fourth-order valence-electron chi connectivity index (χ4n) is 3.48. The number of aromatic carboxylic acids is 1. The van der Waals surface area contributed by atoms with Gasteiger partial charge in [-0.05, 0) is 67.4 Å². The van der Waals surface area contributed by atoms with Crippen LogP contribution in [-0.2, 0) is 9.59 Å². The molecule has 160 valence electrons. The summed E-state index contributed by atoms with van der Waals surface area (Å²) < 4.78 is 5.72. The third kappa shape index (κ3) is 3.93. The van der Waals surface area contributed by atoms with Gasteiger partial charge in [0.05, 0.1) is 11.3 Å². The zero-order valence-corrected chi connectivity index (χ0v) is 17.2. The number of nitrogens with one attached hydrogen (secondary N) is 1. The van der Waals surface area contributed by atoms with Gasteiger partial charge in [-0.1, -0.05) is 18.2 Å². The summed E-state index contributed by atoms with van der Waals surface area (Å²) in [5.41, 5.74) is 2.63. The summed E-state index contributed by atoms with van der Waals surface area (Å²) in [6.07, 6.45) is 1.27. The van der Waals surface area contributed by atoms with E-state index < -0.39 is 23.8 Å². The molecule has 0 spiro atoms. The Morgan fingerprint density at radius 1 is 0.969 bits per heavy atom. The van der Waals surface area contributed by atoms with Gasteiger partial charge < -0.3 is 9.52 Å². The molecule has 0 saturated carbocycles. The number of carboxylic acid groups (broad SMARTS) is 1. The molecule has 2 aromatic carbocycles. The molecule has 3 aromatic rings. The molecule has 32 heavy (non-hydrogen) atoms. The van der Waals surface area contributed by atoms with Crippen LogP contribution in [0.2, 0.25) is 0 Å². The number of carbonyl (C=O) groups excluding carboxylic acids is 3. The van der Waals surface area contributed by atoms with Crippen molar-refractivity contribution in [3.63, 3.8) is 0 Å². The third-order valence-electron chi connectivity index (χ3n) is 4.90. The number of benzene rings is 2. The van der Waals surface area contributed by atoms with E-state index in [1.54, 1.807) is 36.4 Å². The molecule has 1 aliphatic rings. The van der Waals surface area contributed by atoms with Crippen molar-refractivity contribution in [2.75, 3.05) is 4.90 Å². The Kier molecular flexibility index (Phi) is 5.19. The van der Waals surface area contributed by atoms with Crippen LogP contribution in [0.3, 0.4) is 0 Å². The van der Waals surface area contributed by atoms with Crippen LogP contribution in [0, 0.1) is 13.8 Å². The fourth-order valence-corrected chi connectivity index (χ4v) is 3.48. The summed E-state index contributed by atoms with van der Waals surface area (Å²) in [4.78, 5) is 49.7. The molecular weight excluding hydrogens is 412 g/mol. The highest BCUT2D eigenvalue weighted by Gasteiger charge is 2.37. The van der Waals surface area contributed by atoms with Gasteiger partial charge in [-0.15, -0.1) is 0 Å². The van der Waals surface area contributed by atoms with E-state index in [1.165, 1.54) is 18.2 Å². The van der Waals surface area contributed by atoms with E-state index in [9.17, 15) is 19.2 Å². The number of rotatable bonds is 4. The fraction of sp³-hybridized carbons (Fsp3) is 0.0833. The van der Waals surface area contributed by atoms with E-state index in [2.05, 4.69) is 5.32 Å². The topological polar surface area (TPSA) is 117 Å². The van der Waals surface area contributed by atoms with E-state index in [0.29, 0.717) is 17.0 Å². The average molecular weight is 430 g/mol. The number of aryl methyl sites for hydroxylation is 2. The largest absolute Gasteiger partial charge is 0.478 e. The second kappa shape index (κ2) is 7.99. The Labute approximate surface area is 182 Å². The van der Waals surface area contributed by atoms with Crippen LogP contribution >= 0.6 is 0 Å². The van der Waals surface area contributed by atoms with E-state index in [4.69, 9.17) is 9.52 Å². The third-order valence-corrected chi connectivity index (χ3v) is 4.90. The SMILES string of the molecule is Cc1cc(C)cc(N2C(=O)NC(=O)C(=Cc3ccc(-c4ccc(C(=O)O)cc4)o3)C2=O)c1. The molecule has 2 N–H and O–H groups in total. The number of hydrogen-bond donors (Lipinski definition) is 2. The van der Waals surface area contributed by atoms with Crippen LogP contribution in [-0.4, -0.2) is 28.9 Å². The van der Waals surface area contributed by atoms with Crippen molar-refractivity contribution in [1.82, 2.24) is 5.32 Å². The Morgan fingerprint density at radius 2 is 1.62 bits per heavy atom. The summed E-state index contributed by atoms with van der Waals surface area (Å²) in [5, 5.41) is 11.2. The molecule has 0 bridgehead atoms. The minimum Gasteiger partial charge on any atom is -0.478 e. The molecule has 4 rings (SSSR count). The normalized spacial score (nSPS) is 15.2. The number of urea groups is 1. The summed E-state index contributed by atoms with van der Waals surface area (Å²) in [6.45, 7) is 3.69. The number of carbonyl (C=O) groups is 4. The number of furan rings is 1. The zero-order valence-electron chi connectivity index (χ0n) is 17.2. The molecule has 8 heteroatoms. The number of carboxylic acids is 1. The molecule has 0 aliphatic carbocycles. The molecule has 0 unspecified atom stereocenters. The lowest BCUT2D eigenvalue weighted by molar-refractivity contribution is -0.122. The van der Waals surface area contributed by atoms with Gasteiger partial charge in [0.25, 0.3) is 11.8 Å². The zero-order chi connectivity index (χ0) is 23.0. The molecule has 1 aromatic heterocycles. The molecule has 0 radical (unpaired) electrons. The van der Waals surface area contributed by atoms with Crippen molar-refractivity contribution in [2.45, 2.75) is 13.8 Å². The van der Waals surface area contributed by atoms with Crippen molar-refractivity contribution in [2.24, 2.45) is 0 Å². The van der Waals surface area contributed by atoms with E-state index in [0.717, 1.165) is 16.0 Å². The van der Waals surface area contributed by atoms with E-state index in [-0.39, 0.29) is 16.9 Å². The monoisotopic (exact) mass is 430 g/mol. The Hall–Kier alpha value is -4.46. The predicted octanol–water partition coefficient (Wildman–Crippen LogP) is 3.93. The average Bonchev–Trinajstić information content (AvgIpc) is 3.19. The van der Waals surface area contributed by atoms with Gasteiger partial charge in [0.15, 0.2) is 0 Å². The maximum absolute atomic E-state index is 13.0. The maximum Gasteiger partial charge on any atom is 0.335 e. The molecule has 8 nitrogen and oxygen atoms in total. The number of imide groups is 2. The Bertz CT molecular complexity index is 1280. The minimum atomic E-state index is -1.04. The predicted molar refractivity (Wildman–Crippen MR) is 116 cm³/mol. The minimum absolute atomic E-state index is 0.142. The summed E-state index contributed by atoms with van der Waals surface area (Å²) in [7, 11) is 0. The molecule has 1 aliphatic heterocycles. The van der Waals surface area contributed by atoms with E-state index in [1.807, 2.05) is 19.9 Å². The first-order chi connectivity index (χ1) is 15.2. The van der Waals surface area contributed by atoms with Gasteiger partial charge >= 0.3 is 12.0 Å². The van der Waals surface area contributed by atoms with Crippen LogP contribution in [0.5, 0.6) is 0 Å². The molecule has 2 heterocycles. The van der Waals surface area contributed by atoms with Gasteiger partial charge in [-0.25, -0.2) is 14.5 Å². The van der Waals surface area contributed by atoms with Gasteiger partial charge in [0.1, 0.15) is 17.1 Å². The lowest BCUT2D eigenvalue weighted by Crippen LogP contribution is -2.54. The molecule has 1 saturated heterocycles. The quantitative estimate of drug-likeness (QED) is 0.479. The van der Waals surface area contributed by atoms with Crippen LogP contribution in [0.15, 0.2) is 64.6 Å². The summed E-state index contributed by atoms with van der Waals surface area (Å²) in [6, 6.07) is 13.8. The second-order valence-electron chi connectivity index (χ2n) is 7.39. The van der Waals surface area contributed by atoms with Crippen LogP contribution in [0.25, 0.3) is 17.4 Å². The number of nitrogens with zero attached hydrogens (tertiary/aromatic N) is 1. The van der Waals surface area contributed by atoms with Gasteiger partial charge in [0, 0.05) is 5.56 Å². The first-order valence-electron chi connectivity index (χ1n) is 9.66. The maximum atomic E-state index is 13.0. The van der Waals surface area contributed by atoms with Crippen molar-refractivity contribution in [3.05, 3.63) is 82.6 Å². The second-order valence-corrected chi connectivity index (χ2v) is 7.39. The molecular formula is C24H18N2O6. The standard InChI is InChI=1S/C24H18N2O6/c1-13-9-14(2)11-17(10-13)26-22(28)19(21(27)25-24(26)31)12-18-7-8-20(32-18)15-3-5-16(6-4-15)23(29)30/h3-12H,1-2H3,(H,29,30)(H,25,27,31). The lowest BCUT2D eigenvalue weighted by atomic mass is 10.1. The summed E-state index contributed by atoms with van der Waals surface area (Å²) in [5.74, 6) is -1.95. The van der Waals surface area contributed by atoms with Crippen LogP contribution < -0.4 is 10.2 Å². The highest BCUT2D eigenvalue weighted by Crippen LogP contribution is 2.27. The van der Waals surface area contributed by atoms with Crippen molar-refractivity contribution < 1.29 is 28.7 Å². The van der Waals surface area contributed by atoms with Crippen molar-refractivity contribution >= 4 is 35.6 Å². The Balaban J connectivity index is 1.66. The smallest absolute Gasteiger partial charge is 0.335 e. The molecule has 1 fully saturated rings. The molecule has 0 atom stereocenters. The number of hydrogen-bond acceptors (Lipinski definition) is 5. The van der Waals surface area contributed by atoms with Gasteiger partial charge in [0.2, 0.25) is 0 Å². The first kappa shape index (κ1) is 20.8. The number of amides is 4. The highest BCUT2D eigenvalue weighted by atomic mass is 16.4. The number of anilines is 1. The highest BCUT2D eigenvalue weighted by molar-refractivity contribution is 6.39. The van der Waals surface area contributed by atoms with Gasteiger partial charge in [-0.2, -0.15) is 0 Å². The van der Waals surface area contributed by atoms with Crippen molar-refractivity contribution in [1.29, 1.82) is 0 Å². The first-order valence-corrected chi connectivity index (χ1v) is 9.66. The van der Waals surface area contributed by atoms with Crippen LogP contribution in [0.1, 0.15) is 27.2 Å². The van der Waals surface area contributed by atoms with Gasteiger partial charge in [-0.3, -0.25) is 14.9 Å². The number of barbiturate groups is 1. The van der Waals surface area contributed by atoms with E-state index >= 15 is 0 Å². The summed E-state index contributed by atoms with van der Waals surface area (Å²) >= 11 is 0. The lowest BCUT2D eigenvalue weighted by Gasteiger charge is -2.26. The Morgan fingerprint density at radius 3 is 2.25 bits per heavy atom.